The number of ketones is 3. The van der Waals surface area contributed by atoms with E-state index in [-0.39, 0.29) is 24.4 Å². The summed E-state index contributed by atoms with van der Waals surface area (Å²) in [6, 6.07) is 9.52. The number of hydrogen-bond acceptors (Lipinski definition) is 5. The van der Waals surface area contributed by atoms with Crippen molar-refractivity contribution < 1.29 is 23.5 Å². The third kappa shape index (κ3) is 3.89. The van der Waals surface area contributed by atoms with Gasteiger partial charge < -0.3 is 9.15 Å². The van der Waals surface area contributed by atoms with Gasteiger partial charge in [0.25, 0.3) is 0 Å². The van der Waals surface area contributed by atoms with Crippen molar-refractivity contribution in [2.75, 3.05) is 7.11 Å². The monoisotopic (exact) mass is 286 g/mol. The lowest BCUT2D eigenvalue weighted by atomic mass is 10.0. The number of carbonyl (C=O) groups excluding carboxylic acids is 3. The zero-order valence-electron chi connectivity index (χ0n) is 11.5. The number of furan rings is 1. The topological polar surface area (TPSA) is 73.6 Å². The van der Waals surface area contributed by atoms with E-state index >= 15 is 0 Å². The SMILES string of the molecule is COc1ccc(C(=O)CC(=O)CC(=O)c2ccco2)cc1. The summed E-state index contributed by atoms with van der Waals surface area (Å²) >= 11 is 0. The number of hydrogen-bond donors (Lipinski definition) is 0. The molecular weight excluding hydrogens is 272 g/mol. The Morgan fingerprint density at radius 3 is 2.24 bits per heavy atom. The van der Waals surface area contributed by atoms with E-state index in [4.69, 9.17) is 9.15 Å². The molecule has 0 spiro atoms. The van der Waals surface area contributed by atoms with Gasteiger partial charge in [0.1, 0.15) is 11.5 Å². The molecule has 108 valence electrons. The number of benzene rings is 1. The largest absolute Gasteiger partial charge is 0.497 e. The van der Waals surface area contributed by atoms with Crippen LogP contribution in [-0.2, 0) is 4.79 Å². The van der Waals surface area contributed by atoms with E-state index in [1.165, 1.54) is 19.4 Å². The van der Waals surface area contributed by atoms with E-state index in [9.17, 15) is 14.4 Å². The molecule has 2 aromatic rings. The number of carbonyl (C=O) groups is 3. The fourth-order valence-electron chi connectivity index (χ4n) is 1.82. The summed E-state index contributed by atoms with van der Waals surface area (Å²) in [5.74, 6) is -0.425. The van der Waals surface area contributed by atoms with Crippen molar-refractivity contribution in [1.29, 1.82) is 0 Å². The predicted molar refractivity (Wildman–Crippen MR) is 74.6 cm³/mol. The van der Waals surface area contributed by atoms with Crippen LogP contribution in [0, 0.1) is 0 Å². The molecule has 5 nitrogen and oxygen atoms in total. The second-order valence-corrected chi connectivity index (χ2v) is 4.44. The van der Waals surface area contributed by atoms with Gasteiger partial charge in [0.05, 0.1) is 26.2 Å². The Morgan fingerprint density at radius 1 is 1.00 bits per heavy atom. The van der Waals surface area contributed by atoms with Gasteiger partial charge in [-0.25, -0.2) is 0 Å². The summed E-state index contributed by atoms with van der Waals surface area (Å²) in [6.45, 7) is 0. The second-order valence-electron chi connectivity index (χ2n) is 4.44. The van der Waals surface area contributed by atoms with Gasteiger partial charge in [0, 0.05) is 5.56 Å². The summed E-state index contributed by atoms with van der Waals surface area (Å²) in [7, 11) is 1.53. The molecular formula is C16H14O5. The summed E-state index contributed by atoms with van der Waals surface area (Å²) in [4.78, 5) is 35.3. The predicted octanol–water partition coefficient (Wildman–Crippen LogP) is 2.70. The maximum Gasteiger partial charge on any atom is 0.205 e. The first-order valence-electron chi connectivity index (χ1n) is 6.36. The molecule has 0 amide bonds. The lowest BCUT2D eigenvalue weighted by Crippen LogP contribution is -2.12. The number of Topliss-reactive ketones (excluding diaryl/α,β-unsaturated/α-hetero) is 3. The Kier molecular flexibility index (Phi) is 4.66. The zero-order chi connectivity index (χ0) is 15.2. The molecule has 0 saturated carbocycles. The van der Waals surface area contributed by atoms with E-state index in [0.29, 0.717) is 11.3 Å². The quantitative estimate of drug-likeness (QED) is 0.578. The summed E-state index contributed by atoms with van der Waals surface area (Å²) < 4.78 is 9.90. The number of methoxy groups -OCH3 is 1. The minimum absolute atomic E-state index is 0.125. The molecule has 0 radical (unpaired) electrons. The Hall–Kier alpha value is -2.69. The first-order chi connectivity index (χ1) is 10.1. The molecule has 0 fully saturated rings. The van der Waals surface area contributed by atoms with Crippen LogP contribution in [0.4, 0.5) is 0 Å². The van der Waals surface area contributed by atoms with Crippen LogP contribution in [0.3, 0.4) is 0 Å². The lowest BCUT2D eigenvalue weighted by molar-refractivity contribution is -0.117. The van der Waals surface area contributed by atoms with Crippen molar-refractivity contribution in [3.63, 3.8) is 0 Å². The van der Waals surface area contributed by atoms with Crippen LogP contribution < -0.4 is 4.74 Å². The Balaban J connectivity index is 1.92. The molecule has 1 heterocycles. The zero-order valence-corrected chi connectivity index (χ0v) is 11.5. The summed E-state index contributed by atoms with van der Waals surface area (Å²) in [6.07, 6.45) is 0.717. The third-order valence-electron chi connectivity index (χ3n) is 2.92. The van der Waals surface area contributed by atoms with Crippen molar-refractivity contribution in [3.05, 3.63) is 54.0 Å². The molecule has 0 aliphatic rings. The van der Waals surface area contributed by atoms with E-state index in [1.807, 2.05) is 0 Å². The molecule has 2 rings (SSSR count). The van der Waals surface area contributed by atoms with Crippen molar-refractivity contribution in [1.82, 2.24) is 0 Å². The molecule has 0 atom stereocenters. The van der Waals surface area contributed by atoms with Crippen LogP contribution in [0.15, 0.2) is 47.1 Å². The van der Waals surface area contributed by atoms with E-state index in [2.05, 4.69) is 0 Å². The second kappa shape index (κ2) is 6.65. The van der Waals surface area contributed by atoms with E-state index in [0.717, 1.165) is 0 Å². The third-order valence-corrected chi connectivity index (χ3v) is 2.92. The van der Waals surface area contributed by atoms with E-state index in [1.54, 1.807) is 30.3 Å². The van der Waals surface area contributed by atoms with Crippen molar-refractivity contribution >= 4 is 17.3 Å². The highest BCUT2D eigenvalue weighted by Gasteiger charge is 2.17. The van der Waals surface area contributed by atoms with E-state index < -0.39 is 11.6 Å². The van der Waals surface area contributed by atoms with Gasteiger partial charge >= 0.3 is 0 Å². The highest BCUT2D eigenvalue weighted by atomic mass is 16.5. The smallest absolute Gasteiger partial charge is 0.205 e. The number of rotatable bonds is 7. The molecule has 0 N–H and O–H groups in total. The van der Waals surface area contributed by atoms with Crippen LogP contribution >= 0.6 is 0 Å². The molecule has 21 heavy (non-hydrogen) atoms. The summed E-state index contributed by atoms with van der Waals surface area (Å²) in [5, 5.41) is 0. The van der Waals surface area contributed by atoms with Gasteiger partial charge in [-0.3, -0.25) is 14.4 Å². The van der Waals surface area contributed by atoms with Gasteiger partial charge in [-0.15, -0.1) is 0 Å². The highest BCUT2D eigenvalue weighted by Crippen LogP contribution is 2.13. The fourth-order valence-corrected chi connectivity index (χ4v) is 1.82. The van der Waals surface area contributed by atoms with Crippen LogP contribution in [0.5, 0.6) is 5.75 Å². The standard InChI is InChI=1S/C16H14O5/c1-20-13-6-4-11(5-7-13)14(18)9-12(17)10-15(19)16-3-2-8-21-16/h2-8H,9-10H2,1H3. The maximum absolute atomic E-state index is 11.9. The first-order valence-corrected chi connectivity index (χ1v) is 6.36. The van der Waals surface area contributed by atoms with Gasteiger partial charge in [0.15, 0.2) is 11.5 Å². The first kappa shape index (κ1) is 14.7. The minimum atomic E-state index is -0.433. The molecule has 0 saturated heterocycles. The Bertz CT molecular complexity index is 638. The Labute approximate surface area is 121 Å². The normalized spacial score (nSPS) is 10.1. The van der Waals surface area contributed by atoms with Gasteiger partial charge in [-0.05, 0) is 36.4 Å². The van der Waals surface area contributed by atoms with Crippen LogP contribution in [0.2, 0.25) is 0 Å². The minimum Gasteiger partial charge on any atom is -0.497 e. The molecule has 0 unspecified atom stereocenters. The van der Waals surface area contributed by atoms with Crippen LogP contribution in [0.25, 0.3) is 0 Å². The van der Waals surface area contributed by atoms with Crippen molar-refractivity contribution in [3.8, 4) is 5.75 Å². The van der Waals surface area contributed by atoms with Crippen molar-refractivity contribution in [2.45, 2.75) is 12.8 Å². The molecule has 1 aromatic heterocycles. The van der Waals surface area contributed by atoms with Crippen LogP contribution in [-0.4, -0.2) is 24.5 Å². The summed E-state index contributed by atoms with van der Waals surface area (Å²) in [5.41, 5.74) is 0.412. The Morgan fingerprint density at radius 2 is 1.67 bits per heavy atom. The highest BCUT2D eigenvalue weighted by molar-refractivity contribution is 6.14. The average Bonchev–Trinajstić information content (AvgIpc) is 3.01. The molecule has 5 heteroatoms. The van der Waals surface area contributed by atoms with Gasteiger partial charge in [-0.2, -0.15) is 0 Å². The fraction of sp³-hybridized carbons (Fsp3) is 0.188. The van der Waals surface area contributed by atoms with Gasteiger partial charge in [0.2, 0.25) is 5.78 Å². The average molecular weight is 286 g/mol. The molecule has 0 bridgehead atoms. The molecule has 1 aromatic carbocycles. The number of ether oxygens (including phenoxy) is 1. The van der Waals surface area contributed by atoms with Gasteiger partial charge in [-0.1, -0.05) is 0 Å². The lowest BCUT2D eigenvalue weighted by Gasteiger charge is -2.02. The maximum atomic E-state index is 11.9. The molecule has 0 aliphatic heterocycles. The molecule has 0 aliphatic carbocycles. The van der Waals surface area contributed by atoms with Crippen LogP contribution in [0.1, 0.15) is 33.8 Å². The van der Waals surface area contributed by atoms with Crippen molar-refractivity contribution in [2.24, 2.45) is 0 Å².